The molecule has 0 saturated heterocycles. The smallest absolute Gasteiger partial charge is 0.108 e. The van der Waals surface area contributed by atoms with Crippen LogP contribution in [0, 0.1) is 0 Å². The standard InChI is InChI=1S/C11H7Cl2N/c12-11(13)7-9-6-5-8-3-1-2-4-10(8)14-9/h1-7H. The van der Waals surface area contributed by atoms with Crippen molar-refractivity contribution in [2.24, 2.45) is 0 Å². The van der Waals surface area contributed by atoms with E-state index in [9.17, 15) is 0 Å². The third-order valence-corrected chi connectivity index (χ3v) is 2.10. The van der Waals surface area contributed by atoms with Crippen LogP contribution in [0.3, 0.4) is 0 Å². The molecule has 0 bridgehead atoms. The van der Waals surface area contributed by atoms with Gasteiger partial charge in [-0.25, -0.2) is 4.98 Å². The molecule has 1 aromatic heterocycles. The number of fused-ring (bicyclic) bond motifs is 1. The lowest BCUT2D eigenvalue weighted by atomic mass is 10.2. The quantitative estimate of drug-likeness (QED) is 0.713. The predicted octanol–water partition coefficient (Wildman–Crippen LogP) is 4.01. The van der Waals surface area contributed by atoms with Gasteiger partial charge >= 0.3 is 0 Å². The van der Waals surface area contributed by atoms with Crippen LogP contribution in [0.5, 0.6) is 0 Å². The number of halogens is 2. The van der Waals surface area contributed by atoms with Crippen molar-refractivity contribution in [2.75, 3.05) is 0 Å². The van der Waals surface area contributed by atoms with Crippen molar-refractivity contribution in [3.05, 3.63) is 46.6 Å². The summed E-state index contributed by atoms with van der Waals surface area (Å²) in [5.74, 6) is 0. The molecule has 0 aliphatic rings. The van der Waals surface area contributed by atoms with Gasteiger partial charge in [-0.2, -0.15) is 0 Å². The zero-order valence-corrected chi connectivity index (χ0v) is 8.76. The van der Waals surface area contributed by atoms with E-state index in [0.717, 1.165) is 16.6 Å². The minimum absolute atomic E-state index is 0.216. The van der Waals surface area contributed by atoms with Crippen LogP contribution in [0.4, 0.5) is 0 Å². The second-order valence-corrected chi connectivity index (χ2v) is 3.87. The van der Waals surface area contributed by atoms with Crippen LogP contribution in [0.2, 0.25) is 0 Å². The summed E-state index contributed by atoms with van der Waals surface area (Å²) in [6.45, 7) is 0. The van der Waals surface area contributed by atoms with Crippen LogP contribution in [-0.4, -0.2) is 4.98 Å². The molecule has 0 aliphatic heterocycles. The summed E-state index contributed by atoms with van der Waals surface area (Å²) in [6, 6.07) is 11.8. The first kappa shape index (κ1) is 9.50. The molecule has 0 saturated carbocycles. The highest BCUT2D eigenvalue weighted by Crippen LogP contribution is 2.16. The minimum atomic E-state index is 0.216. The Morgan fingerprint density at radius 1 is 1.07 bits per heavy atom. The zero-order chi connectivity index (χ0) is 9.97. The summed E-state index contributed by atoms with van der Waals surface area (Å²) < 4.78 is 0.216. The van der Waals surface area contributed by atoms with E-state index in [2.05, 4.69) is 4.98 Å². The predicted molar refractivity (Wildman–Crippen MR) is 61.4 cm³/mol. The summed E-state index contributed by atoms with van der Waals surface area (Å²) in [7, 11) is 0. The molecule has 0 fully saturated rings. The van der Waals surface area contributed by atoms with E-state index in [1.807, 2.05) is 36.4 Å². The van der Waals surface area contributed by atoms with Crippen LogP contribution < -0.4 is 0 Å². The molecule has 1 nitrogen and oxygen atoms in total. The summed E-state index contributed by atoms with van der Waals surface area (Å²) in [5.41, 5.74) is 1.71. The Bertz CT molecular complexity index is 487. The molecule has 2 rings (SSSR count). The van der Waals surface area contributed by atoms with E-state index in [4.69, 9.17) is 23.2 Å². The number of nitrogens with zero attached hydrogens (tertiary/aromatic N) is 1. The molecule has 1 aromatic carbocycles. The number of hydrogen-bond donors (Lipinski definition) is 0. The third kappa shape index (κ3) is 2.06. The van der Waals surface area contributed by atoms with Gasteiger partial charge in [0.05, 0.1) is 11.2 Å². The highest BCUT2D eigenvalue weighted by molar-refractivity contribution is 6.57. The van der Waals surface area contributed by atoms with Crippen molar-refractivity contribution in [1.29, 1.82) is 0 Å². The van der Waals surface area contributed by atoms with E-state index >= 15 is 0 Å². The maximum absolute atomic E-state index is 5.55. The van der Waals surface area contributed by atoms with E-state index in [1.54, 1.807) is 6.08 Å². The van der Waals surface area contributed by atoms with Gasteiger partial charge in [0.2, 0.25) is 0 Å². The molecule has 0 radical (unpaired) electrons. The van der Waals surface area contributed by atoms with E-state index in [0.29, 0.717) is 0 Å². The van der Waals surface area contributed by atoms with Gasteiger partial charge in [-0.05, 0) is 18.2 Å². The SMILES string of the molecule is ClC(Cl)=Cc1ccc2ccccc2n1. The van der Waals surface area contributed by atoms with E-state index < -0.39 is 0 Å². The molecule has 0 amide bonds. The largest absolute Gasteiger partial charge is 0.248 e. The summed E-state index contributed by atoms with van der Waals surface area (Å²) >= 11 is 11.1. The van der Waals surface area contributed by atoms with Gasteiger partial charge in [-0.3, -0.25) is 0 Å². The summed E-state index contributed by atoms with van der Waals surface area (Å²) in [6.07, 6.45) is 1.62. The van der Waals surface area contributed by atoms with Gasteiger partial charge < -0.3 is 0 Å². The third-order valence-electron chi connectivity index (χ3n) is 1.88. The Morgan fingerprint density at radius 3 is 2.64 bits per heavy atom. The van der Waals surface area contributed by atoms with Gasteiger partial charge in [-0.1, -0.05) is 47.5 Å². The van der Waals surface area contributed by atoms with E-state index in [1.165, 1.54) is 0 Å². The topological polar surface area (TPSA) is 12.9 Å². The Morgan fingerprint density at radius 2 is 1.86 bits per heavy atom. The monoisotopic (exact) mass is 223 g/mol. The van der Waals surface area contributed by atoms with Gasteiger partial charge in [0.1, 0.15) is 4.49 Å². The van der Waals surface area contributed by atoms with Crippen LogP contribution in [-0.2, 0) is 0 Å². The molecule has 1 heterocycles. The van der Waals surface area contributed by atoms with Crippen molar-refractivity contribution in [3.63, 3.8) is 0 Å². The first-order valence-corrected chi connectivity index (χ1v) is 4.90. The number of rotatable bonds is 1. The van der Waals surface area contributed by atoms with Crippen LogP contribution in [0.25, 0.3) is 17.0 Å². The molecule has 2 aromatic rings. The van der Waals surface area contributed by atoms with Crippen molar-refractivity contribution in [1.82, 2.24) is 4.98 Å². The fraction of sp³-hybridized carbons (Fsp3) is 0. The Balaban J connectivity index is 2.57. The molecule has 0 atom stereocenters. The maximum Gasteiger partial charge on any atom is 0.108 e. The molecule has 70 valence electrons. The lowest BCUT2D eigenvalue weighted by Gasteiger charge is -1.97. The zero-order valence-electron chi connectivity index (χ0n) is 7.24. The Kier molecular flexibility index (Phi) is 2.71. The number of benzene rings is 1. The highest BCUT2D eigenvalue weighted by Gasteiger charge is 1.95. The number of aromatic nitrogens is 1. The van der Waals surface area contributed by atoms with Gasteiger partial charge in [-0.15, -0.1) is 0 Å². The first-order valence-electron chi connectivity index (χ1n) is 4.14. The second-order valence-electron chi connectivity index (χ2n) is 2.86. The van der Waals surface area contributed by atoms with Gasteiger partial charge in [0.15, 0.2) is 0 Å². The van der Waals surface area contributed by atoms with Gasteiger partial charge in [0.25, 0.3) is 0 Å². The maximum atomic E-state index is 5.55. The molecular weight excluding hydrogens is 217 g/mol. The normalized spacial score (nSPS) is 10.1. The summed E-state index contributed by atoms with van der Waals surface area (Å²) in [5, 5.41) is 1.11. The fourth-order valence-electron chi connectivity index (χ4n) is 1.27. The Hall–Kier alpha value is -1.05. The first-order chi connectivity index (χ1) is 6.75. The lowest BCUT2D eigenvalue weighted by Crippen LogP contribution is -1.82. The number of para-hydroxylation sites is 1. The second kappa shape index (κ2) is 3.99. The lowest BCUT2D eigenvalue weighted by molar-refractivity contribution is 1.37. The molecular formula is C11H7Cl2N. The van der Waals surface area contributed by atoms with Crippen LogP contribution in [0.1, 0.15) is 5.69 Å². The molecule has 14 heavy (non-hydrogen) atoms. The van der Waals surface area contributed by atoms with Crippen molar-refractivity contribution >= 4 is 40.2 Å². The van der Waals surface area contributed by atoms with Crippen molar-refractivity contribution in [3.8, 4) is 0 Å². The van der Waals surface area contributed by atoms with Crippen molar-refractivity contribution < 1.29 is 0 Å². The molecule has 0 unspecified atom stereocenters. The van der Waals surface area contributed by atoms with Crippen molar-refractivity contribution in [2.45, 2.75) is 0 Å². The fourth-order valence-corrected chi connectivity index (χ4v) is 1.50. The van der Waals surface area contributed by atoms with E-state index in [-0.39, 0.29) is 4.49 Å². The molecule has 3 heteroatoms. The molecule has 0 N–H and O–H groups in total. The number of pyridine rings is 1. The Labute approximate surface area is 92.0 Å². The molecule has 0 spiro atoms. The number of hydrogen-bond acceptors (Lipinski definition) is 1. The van der Waals surface area contributed by atoms with Gasteiger partial charge in [0, 0.05) is 5.39 Å². The average molecular weight is 224 g/mol. The van der Waals surface area contributed by atoms with Crippen LogP contribution >= 0.6 is 23.2 Å². The minimum Gasteiger partial charge on any atom is -0.248 e. The average Bonchev–Trinajstić information content (AvgIpc) is 2.17. The molecule has 0 aliphatic carbocycles. The highest BCUT2D eigenvalue weighted by atomic mass is 35.5. The summed E-state index contributed by atoms with van der Waals surface area (Å²) in [4.78, 5) is 4.37. The van der Waals surface area contributed by atoms with Crippen LogP contribution in [0.15, 0.2) is 40.9 Å².